The smallest absolute Gasteiger partial charge is 0.290 e. The Morgan fingerprint density at radius 3 is 2.45 bits per heavy atom. The van der Waals surface area contributed by atoms with Gasteiger partial charge in [-0.05, 0) is 37.1 Å². The fraction of sp³-hybridized carbons (Fsp3) is 0.286. The average Bonchev–Trinajstić information content (AvgIpc) is 3.40. The lowest BCUT2D eigenvalue weighted by Crippen LogP contribution is -2.35. The van der Waals surface area contributed by atoms with Crippen molar-refractivity contribution < 1.29 is 23.9 Å². The zero-order valence-electron chi connectivity index (χ0n) is 15.5. The molecular weight excluding hydrogens is 374 g/mol. The largest absolute Gasteiger partial charge is 0.336 e. The van der Waals surface area contributed by atoms with Crippen LogP contribution in [-0.2, 0) is 24.8 Å². The molecule has 2 aliphatic heterocycles. The molecule has 2 aromatic rings. The number of hydrogen-bond acceptors (Lipinski definition) is 5. The van der Waals surface area contributed by atoms with Crippen LogP contribution in [0.2, 0.25) is 0 Å². The Morgan fingerprint density at radius 2 is 1.76 bits per heavy atom. The number of ether oxygens (including phenoxy) is 2. The van der Waals surface area contributed by atoms with E-state index in [0.29, 0.717) is 28.2 Å². The first-order chi connectivity index (χ1) is 14.1. The number of nitrogens with one attached hydrogen (secondary N) is 3. The van der Waals surface area contributed by atoms with Crippen LogP contribution in [0.1, 0.15) is 28.8 Å². The monoisotopic (exact) mass is 393 g/mol. The fourth-order valence-corrected chi connectivity index (χ4v) is 3.60. The Kier molecular flexibility index (Phi) is 4.11. The molecule has 8 heteroatoms. The van der Waals surface area contributed by atoms with E-state index in [1.165, 1.54) is 0 Å². The minimum absolute atomic E-state index is 0.0123. The molecule has 3 aliphatic rings. The van der Waals surface area contributed by atoms with Crippen molar-refractivity contribution in [3.8, 4) is 0 Å². The second-order valence-corrected chi connectivity index (χ2v) is 7.30. The minimum Gasteiger partial charge on any atom is -0.336 e. The van der Waals surface area contributed by atoms with Crippen LogP contribution in [-0.4, -0.2) is 30.9 Å². The third-order valence-electron chi connectivity index (χ3n) is 5.22. The molecule has 148 valence electrons. The summed E-state index contributed by atoms with van der Waals surface area (Å²) in [4.78, 5) is 37.6. The van der Waals surface area contributed by atoms with E-state index in [9.17, 15) is 14.4 Å². The summed E-state index contributed by atoms with van der Waals surface area (Å²) in [5.74, 6) is -2.40. The summed E-state index contributed by atoms with van der Waals surface area (Å²) in [5.41, 5.74) is 2.16. The van der Waals surface area contributed by atoms with Gasteiger partial charge in [-0.15, -0.1) is 0 Å². The van der Waals surface area contributed by atoms with Crippen molar-refractivity contribution >= 4 is 34.8 Å². The van der Waals surface area contributed by atoms with Gasteiger partial charge in [-0.3, -0.25) is 14.4 Å². The van der Waals surface area contributed by atoms with Crippen LogP contribution >= 0.6 is 0 Å². The van der Waals surface area contributed by atoms with E-state index in [4.69, 9.17) is 9.47 Å². The van der Waals surface area contributed by atoms with E-state index in [0.717, 1.165) is 12.8 Å². The molecule has 1 spiro atoms. The number of anilines is 3. The first kappa shape index (κ1) is 17.8. The maximum atomic E-state index is 12.7. The number of fused-ring (bicyclic) bond motifs is 2. The third kappa shape index (κ3) is 3.06. The Balaban J connectivity index is 1.54. The van der Waals surface area contributed by atoms with E-state index in [1.807, 2.05) is 6.07 Å². The molecule has 5 rings (SSSR count). The molecule has 1 aliphatic carbocycles. The second kappa shape index (κ2) is 6.68. The summed E-state index contributed by atoms with van der Waals surface area (Å²) in [5, 5.41) is 8.45. The van der Waals surface area contributed by atoms with Crippen molar-refractivity contribution in [1.29, 1.82) is 0 Å². The van der Waals surface area contributed by atoms with Gasteiger partial charge in [-0.25, -0.2) is 0 Å². The highest BCUT2D eigenvalue weighted by atomic mass is 16.7. The quantitative estimate of drug-likeness (QED) is 0.740. The summed E-state index contributed by atoms with van der Waals surface area (Å²) in [7, 11) is 0. The molecule has 1 saturated carbocycles. The Morgan fingerprint density at radius 1 is 1.03 bits per heavy atom. The number of hydrogen-bond donors (Lipinski definition) is 3. The maximum Gasteiger partial charge on any atom is 0.290 e. The minimum atomic E-state index is -1.55. The van der Waals surface area contributed by atoms with Gasteiger partial charge in [-0.2, -0.15) is 0 Å². The number of benzene rings is 2. The predicted molar refractivity (Wildman–Crippen MR) is 104 cm³/mol. The summed E-state index contributed by atoms with van der Waals surface area (Å²) in [6.07, 6.45) is 1.73. The van der Waals surface area contributed by atoms with Crippen molar-refractivity contribution in [2.24, 2.45) is 5.92 Å². The van der Waals surface area contributed by atoms with Crippen LogP contribution in [0.25, 0.3) is 0 Å². The van der Waals surface area contributed by atoms with Crippen LogP contribution in [0.3, 0.4) is 0 Å². The normalized spacial score (nSPS) is 19.0. The molecule has 1 saturated heterocycles. The van der Waals surface area contributed by atoms with Gasteiger partial charge in [0.25, 0.3) is 17.6 Å². The molecule has 0 unspecified atom stereocenters. The van der Waals surface area contributed by atoms with Crippen LogP contribution in [0.4, 0.5) is 17.1 Å². The molecule has 0 bridgehead atoms. The summed E-state index contributed by atoms with van der Waals surface area (Å²) < 4.78 is 11.3. The van der Waals surface area contributed by atoms with Crippen molar-refractivity contribution in [3.63, 3.8) is 0 Å². The summed E-state index contributed by atoms with van der Waals surface area (Å²) in [6, 6.07) is 12.0. The molecule has 29 heavy (non-hydrogen) atoms. The fourth-order valence-electron chi connectivity index (χ4n) is 3.60. The molecule has 2 fully saturated rings. The molecule has 2 heterocycles. The molecule has 0 radical (unpaired) electrons. The van der Waals surface area contributed by atoms with E-state index in [-0.39, 0.29) is 30.9 Å². The zero-order chi connectivity index (χ0) is 20.0. The van der Waals surface area contributed by atoms with Gasteiger partial charge in [0, 0.05) is 22.7 Å². The van der Waals surface area contributed by atoms with Gasteiger partial charge in [0.2, 0.25) is 5.91 Å². The number of rotatable bonds is 4. The second-order valence-electron chi connectivity index (χ2n) is 7.30. The van der Waals surface area contributed by atoms with Crippen LogP contribution in [0.5, 0.6) is 0 Å². The van der Waals surface area contributed by atoms with Gasteiger partial charge >= 0.3 is 0 Å². The predicted octanol–water partition coefficient (Wildman–Crippen LogP) is 2.44. The average molecular weight is 393 g/mol. The highest BCUT2D eigenvalue weighted by molar-refractivity contribution is 6.13. The highest BCUT2D eigenvalue weighted by Crippen LogP contribution is 2.47. The zero-order valence-corrected chi connectivity index (χ0v) is 15.5. The van der Waals surface area contributed by atoms with Crippen LogP contribution in [0.15, 0.2) is 42.5 Å². The molecule has 8 nitrogen and oxygen atoms in total. The van der Waals surface area contributed by atoms with E-state index >= 15 is 0 Å². The van der Waals surface area contributed by atoms with Gasteiger partial charge in [-0.1, -0.05) is 18.2 Å². The Bertz CT molecular complexity index is 1010. The van der Waals surface area contributed by atoms with Crippen molar-refractivity contribution in [1.82, 2.24) is 0 Å². The van der Waals surface area contributed by atoms with Gasteiger partial charge in [0.15, 0.2) is 0 Å². The van der Waals surface area contributed by atoms with E-state index in [1.54, 1.807) is 36.4 Å². The highest BCUT2D eigenvalue weighted by Gasteiger charge is 2.53. The summed E-state index contributed by atoms with van der Waals surface area (Å²) in [6.45, 7) is 0.550. The molecule has 2 aromatic carbocycles. The lowest BCUT2D eigenvalue weighted by atomic mass is 10.0. The Hall–Kier alpha value is -3.23. The SMILES string of the molecule is O=C(Nc1cc(NC(=O)C2CC2)cc2c1NC(=O)C21OCCO1)c1ccccc1. The lowest BCUT2D eigenvalue weighted by molar-refractivity contribution is -0.178. The van der Waals surface area contributed by atoms with Crippen molar-refractivity contribution in [2.75, 3.05) is 29.2 Å². The topological polar surface area (TPSA) is 106 Å². The van der Waals surface area contributed by atoms with Crippen molar-refractivity contribution in [3.05, 3.63) is 53.6 Å². The third-order valence-corrected chi connectivity index (χ3v) is 5.22. The first-order valence-electron chi connectivity index (χ1n) is 9.52. The lowest BCUT2D eigenvalue weighted by Gasteiger charge is -2.20. The number of carbonyl (C=O) groups excluding carboxylic acids is 3. The standard InChI is InChI=1S/C21H19N3O5/c25-18(13-6-7-13)22-14-10-15-17(24-20(27)21(15)28-8-9-29-21)16(11-14)23-19(26)12-4-2-1-3-5-12/h1-5,10-11,13H,6-9H2,(H,22,25)(H,23,26)(H,24,27). The molecule has 3 amide bonds. The molecule has 0 aromatic heterocycles. The van der Waals surface area contributed by atoms with Gasteiger partial charge in [0.05, 0.1) is 24.6 Å². The van der Waals surface area contributed by atoms with E-state index < -0.39 is 11.7 Å². The summed E-state index contributed by atoms with van der Waals surface area (Å²) >= 11 is 0. The maximum absolute atomic E-state index is 12.7. The molecule has 3 N–H and O–H groups in total. The van der Waals surface area contributed by atoms with Crippen LogP contribution in [0, 0.1) is 5.92 Å². The van der Waals surface area contributed by atoms with Gasteiger partial charge in [0.1, 0.15) is 0 Å². The number of carbonyl (C=O) groups is 3. The molecular formula is C21H19N3O5. The van der Waals surface area contributed by atoms with Crippen LogP contribution < -0.4 is 16.0 Å². The number of amides is 3. The van der Waals surface area contributed by atoms with Crippen molar-refractivity contribution in [2.45, 2.75) is 18.6 Å². The molecule has 0 atom stereocenters. The Labute approximate surface area is 166 Å². The first-order valence-corrected chi connectivity index (χ1v) is 9.52. The van der Waals surface area contributed by atoms with E-state index in [2.05, 4.69) is 16.0 Å². The van der Waals surface area contributed by atoms with Gasteiger partial charge < -0.3 is 25.4 Å².